The molecule has 1 aliphatic carbocycles. The summed E-state index contributed by atoms with van der Waals surface area (Å²) < 4.78 is 34.3. The van der Waals surface area contributed by atoms with Crippen molar-refractivity contribution in [2.45, 2.75) is 36.9 Å². The minimum atomic E-state index is -3.93. The molecule has 34 heavy (non-hydrogen) atoms. The van der Waals surface area contributed by atoms with Gasteiger partial charge in [0.25, 0.3) is 0 Å². The van der Waals surface area contributed by atoms with Crippen molar-refractivity contribution in [3.05, 3.63) is 96.6 Å². The topological polar surface area (TPSA) is 83.7 Å². The first kappa shape index (κ1) is 22.3. The SMILES string of the molecule is O=C(CN(C1CC1)S(=O)(=O)c1cccc2cccnc12)N(Cc1ccccc1)Cc1ccco1. The average molecular weight is 476 g/mol. The molecule has 1 saturated carbocycles. The van der Waals surface area contributed by atoms with Gasteiger partial charge >= 0.3 is 0 Å². The molecule has 4 aromatic rings. The number of rotatable bonds is 9. The van der Waals surface area contributed by atoms with Gasteiger partial charge in [-0.05, 0) is 42.7 Å². The predicted molar refractivity (Wildman–Crippen MR) is 128 cm³/mol. The van der Waals surface area contributed by atoms with Crippen LogP contribution in [0, 0.1) is 0 Å². The molecule has 1 aliphatic rings. The molecule has 1 amide bonds. The Kier molecular flexibility index (Phi) is 6.17. The third-order valence-electron chi connectivity index (χ3n) is 5.92. The van der Waals surface area contributed by atoms with Gasteiger partial charge in [0.2, 0.25) is 15.9 Å². The Labute approximate surface area is 198 Å². The summed E-state index contributed by atoms with van der Waals surface area (Å²) in [7, 11) is -3.93. The highest BCUT2D eigenvalue weighted by molar-refractivity contribution is 7.89. The Balaban J connectivity index is 1.44. The molecule has 2 heterocycles. The number of hydrogen-bond donors (Lipinski definition) is 0. The standard InChI is InChI=1S/C26H25N3O4S/c30-25(28(18-23-11-6-16-33-23)17-20-7-2-1-3-8-20)19-29(22-13-14-22)34(31,32)24-12-4-9-21-10-5-15-27-26(21)24/h1-12,15-16,22H,13-14,17-19H2. The van der Waals surface area contributed by atoms with E-state index in [0.29, 0.717) is 17.8 Å². The van der Waals surface area contributed by atoms with Crippen LogP contribution < -0.4 is 0 Å². The fourth-order valence-electron chi connectivity index (χ4n) is 4.04. The molecule has 0 N–H and O–H groups in total. The third-order valence-corrected chi connectivity index (χ3v) is 7.85. The molecule has 0 bridgehead atoms. The fourth-order valence-corrected chi connectivity index (χ4v) is 5.85. The van der Waals surface area contributed by atoms with Gasteiger partial charge in [-0.3, -0.25) is 9.78 Å². The van der Waals surface area contributed by atoms with Gasteiger partial charge < -0.3 is 9.32 Å². The molecule has 0 radical (unpaired) electrons. The summed E-state index contributed by atoms with van der Waals surface area (Å²) in [4.78, 5) is 19.6. The molecule has 7 nitrogen and oxygen atoms in total. The molecule has 0 spiro atoms. The van der Waals surface area contributed by atoms with Crippen molar-refractivity contribution in [3.63, 3.8) is 0 Å². The minimum Gasteiger partial charge on any atom is -0.467 e. The van der Waals surface area contributed by atoms with Crippen LogP contribution >= 0.6 is 0 Å². The molecule has 5 rings (SSSR count). The second kappa shape index (κ2) is 9.40. The highest BCUT2D eigenvalue weighted by Gasteiger charge is 2.40. The first-order chi connectivity index (χ1) is 16.5. The maximum absolute atomic E-state index is 13.8. The van der Waals surface area contributed by atoms with Gasteiger partial charge in [0, 0.05) is 24.2 Å². The quantitative estimate of drug-likeness (QED) is 0.362. The fraction of sp³-hybridized carbons (Fsp3) is 0.231. The predicted octanol–water partition coefficient (Wildman–Crippen LogP) is 4.21. The van der Waals surface area contributed by atoms with Gasteiger partial charge in [-0.15, -0.1) is 0 Å². The molecule has 8 heteroatoms. The summed E-state index contributed by atoms with van der Waals surface area (Å²) in [6.07, 6.45) is 4.62. The van der Waals surface area contributed by atoms with Gasteiger partial charge in [0.15, 0.2) is 0 Å². The molecule has 0 unspecified atom stereocenters. The van der Waals surface area contributed by atoms with Crippen LogP contribution in [0.1, 0.15) is 24.2 Å². The number of nitrogens with zero attached hydrogens (tertiary/aromatic N) is 3. The van der Waals surface area contributed by atoms with Crippen molar-refractivity contribution in [2.24, 2.45) is 0 Å². The molecule has 1 fully saturated rings. The molecule has 174 valence electrons. The van der Waals surface area contributed by atoms with Crippen molar-refractivity contribution in [3.8, 4) is 0 Å². The highest BCUT2D eigenvalue weighted by atomic mass is 32.2. The van der Waals surface area contributed by atoms with Crippen LogP contribution in [0.4, 0.5) is 0 Å². The minimum absolute atomic E-state index is 0.131. The van der Waals surface area contributed by atoms with Crippen LogP contribution in [0.25, 0.3) is 10.9 Å². The van der Waals surface area contributed by atoms with Gasteiger partial charge in [0.1, 0.15) is 10.7 Å². The zero-order chi connectivity index (χ0) is 23.5. The zero-order valence-corrected chi connectivity index (χ0v) is 19.4. The molecule has 0 aliphatic heterocycles. The average Bonchev–Trinajstić information content (AvgIpc) is 3.56. The summed E-state index contributed by atoms with van der Waals surface area (Å²) in [6.45, 7) is 0.383. The molecular weight excluding hydrogens is 450 g/mol. The lowest BCUT2D eigenvalue weighted by Crippen LogP contribution is -2.43. The van der Waals surface area contributed by atoms with E-state index in [1.165, 1.54) is 4.31 Å². The molecule has 0 saturated heterocycles. The number of carbonyl (C=O) groups excluding carboxylic acids is 1. The monoisotopic (exact) mass is 475 g/mol. The van der Waals surface area contributed by atoms with Crippen LogP contribution in [0.3, 0.4) is 0 Å². The number of furan rings is 1. The van der Waals surface area contributed by atoms with Gasteiger partial charge in [-0.25, -0.2) is 8.42 Å². The van der Waals surface area contributed by atoms with E-state index < -0.39 is 10.0 Å². The maximum atomic E-state index is 13.8. The molecular formula is C26H25N3O4S. The lowest BCUT2D eigenvalue weighted by molar-refractivity contribution is -0.133. The maximum Gasteiger partial charge on any atom is 0.245 e. The normalized spacial score (nSPS) is 13.9. The number of para-hydroxylation sites is 1. The Morgan fingerprint density at radius 3 is 2.47 bits per heavy atom. The lowest BCUT2D eigenvalue weighted by Gasteiger charge is -2.27. The highest BCUT2D eigenvalue weighted by Crippen LogP contribution is 2.34. The smallest absolute Gasteiger partial charge is 0.245 e. The molecule has 2 aromatic carbocycles. The van der Waals surface area contributed by atoms with Crippen LogP contribution in [0.5, 0.6) is 0 Å². The first-order valence-electron chi connectivity index (χ1n) is 11.2. The molecule has 2 aromatic heterocycles. The summed E-state index contributed by atoms with van der Waals surface area (Å²) in [5.74, 6) is 0.368. The summed E-state index contributed by atoms with van der Waals surface area (Å²) >= 11 is 0. The third kappa shape index (κ3) is 4.73. The van der Waals surface area contributed by atoms with Crippen LogP contribution in [0.15, 0.2) is 94.6 Å². The number of carbonyl (C=O) groups is 1. The van der Waals surface area contributed by atoms with E-state index in [1.807, 2.05) is 48.5 Å². The van der Waals surface area contributed by atoms with Crippen LogP contribution in [0.2, 0.25) is 0 Å². The number of fused-ring (bicyclic) bond motifs is 1. The van der Waals surface area contributed by atoms with E-state index in [2.05, 4.69) is 4.98 Å². The van der Waals surface area contributed by atoms with E-state index in [4.69, 9.17) is 4.42 Å². The Bertz CT molecular complexity index is 1380. The van der Waals surface area contributed by atoms with Crippen molar-refractivity contribution < 1.29 is 17.6 Å². The number of sulfonamides is 1. The van der Waals surface area contributed by atoms with E-state index in [-0.39, 0.29) is 29.9 Å². The van der Waals surface area contributed by atoms with E-state index in [1.54, 1.807) is 41.6 Å². The Hall–Kier alpha value is -3.49. The van der Waals surface area contributed by atoms with E-state index in [0.717, 1.165) is 23.8 Å². The number of hydrogen-bond acceptors (Lipinski definition) is 5. The summed E-state index contributed by atoms with van der Waals surface area (Å²) in [5.41, 5.74) is 1.38. The number of aromatic nitrogens is 1. The largest absolute Gasteiger partial charge is 0.467 e. The Morgan fingerprint density at radius 2 is 1.74 bits per heavy atom. The zero-order valence-electron chi connectivity index (χ0n) is 18.6. The van der Waals surface area contributed by atoms with Gasteiger partial charge in [-0.1, -0.05) is 48.5 Å². The second-order valence-corrected chi connectivity index (χ2v) is 10.3. The van der Waals surface area contributed by atoms with E-state index in [9.17, 15) is 13.2 Å². The number of amides is 1. The number of benzene rings is 2. The van der Waals surface area contributed by atoms with Crippen LogP contribution in [-0.2, 0) is 27.9 Å². The first-order valence-corrected chi connectivity index (χ1v) is 12.7. The number of pyridine rings is 1. The summed E-state index contributed by atoms with van der Waals surface area (Å²) in [5, 5.41) is 0.745. The summed E-state index contributed by atoms with van der Waals surface area (Å²) in [6, 6.07) is 21.7. The second-order valence-electron chi connectivity index (χ2n) is 8.43. The van der Waals surface area contributed by atoms with Crippen LogP contribution in [-0.4, -0.2) is 41.1 Å². The molecule has 0 atom stereocenters. The van der Waals surface area contributed by atoms with Crippen molar-refractivity contribution in [1.29, 1.82) is 0 Å². The lowest BCUT2D eigenvalue weighted by atomic mass is 10.2. The van der Waals surface area contributed by atoms with Crippen molar-refractivity contribution in [2.75, 3.05) is 6.54 Å². The van der Waals surface area contributed by atoms with Gasteiger partial charge in [0.05, 0.1) is 24.9 Å². The van der Waals surface area contributed by atoms with Gasteiger partial charge in [-0.2, -0.15) is 4.31 Å². The van der Waals surface area contributed by atoms with Crippen molar-refractivity contribution >= 4 is 26.8 Å². The Morgan fingerprint density at radius 1 is 0.941 bits per heavy atom. The van der Waals surface area contributed by atoms with Crippen molar-refractivity contribution in [1.82, 2.24) is 14.2 Å². The van der Waals surface area contributed by atoms with E-state index >= 15 is 0 Å².